The van der Waals surface area contributed by atoms with Crippen molar-refractivity contribution in [3.05, 3.63) is 85.6 Å². The SMILES string of the molecule is CCOC(=O)c1nn(-c2ccc(Br)cc2)c(=O)c2c(NC(=O)c3ccccc3C(=O)OC)scc12. The maximum absolute atomic E-state index is 13.5. The zero-order valence-corrected chi connectivity index (χ0v) is 20.9. The Bertz CT molecular complexity index is 1510. The highest BCUT2D eigenvalue weighted by Gasteiger charge is 2.24. The van der Waals surface area contributed by atoms with Gasteiger partial charge in [0.15, 0.2) is 5.69 Å². The quantitative estimate of drug-likeness (QED) is 0.350. The van der Waals surface area contributed by atoms with Gasteiger partial charge in [-0.05, 0) is 43.3 Å². The third kappa shape index (κ3) is 4.73. The number of thiophene rings is 1. The fourth-order valence-corrected chi connectivity index (χ4v) is 4.58. The summed E-state index contributed by atoms with van der Waals surface area (Å²) >= 11 is 4.41. The normalized spacial score (nSPS) is 10.7. The average molecular weight is 556 g/mol. The molecule has 1 N–H and O–H groups in total. The molecule has 0 radical (unpaired) electrons. The van der Waals surface area contributed by atoms with E-state index >= 15 is 0 Å². The van der Waals surface area contributed by atoms with Gasteiger partial charge in [0.2, 0.25) is 0 Å². The van der Waals surface area contributed by atoms with Crippen molar-refractivity contribution in [2.45, 2.75) is 6.92 Å². The summed E-state index contributed by atoms with van der Waals surface area (Å²) in [6.45, 7) is 1.79. The molecule has 1 amide bonds. The van der Waals surface area contributed by atoms with Crippen molar-refractivity contribution < 1.29 is 23.9 Å². The number of fused-ring (bicyclic) bond motifs is 1. The van der Waals surface area contributed by atoms with Crippen LogP contribution in [0.5, 0.6) is 0 Å². The maximum atomic E-state index is 13.5. The number of amides is 1. The minimum atomic E-state index is -0.699. The van der Waals surface area contributed by atoms with Crippen molar-refractivity contribution in [1.29, 1.82) is 0 Å². The number of hydrogen-bond donors (Lipinski definition) is 1. The average Bonchev–Trinajstić information content (AvgIpc) is 3.28. The standard InChI is InChI=1S/C24H18BrN3O6S/c1-3-34-24(32)19-17-12-35-21(26-20(29)15-6-4-5-7-16(15)23(31)33-2)18(17)22(30)28(27-19)14-10-8-13(25)9-11-14/h4-12H,3H2,1-2H3,(H,26,29). The third-order valence-corrected chi connectivity index (χ3v) is 6.42. The second kappa shape index (κ2) is 10.2. The van der Waals surface area contributed by atoms with Crippen LogP contribution in [0.2, 0.25) is 0 Å². The van der Waals surface area contributed by atoms with Crippen LogP contribution in [0.15, 0.2) is 63.2 Å². The lowest BCUT2D eigenvalue weighted by atomic mass is 10.1. The van der Waals surface area contributed by atoms with E-state index in [9.17, 15) is 19.2 Å². The Hall–Kier alpha value is -3.83. The Labute approximate surface area is 211 Å². The van der Waals surface area contributed by atoms with Gasteiger partial charge in [-0.2, -0.15) is 9.78 Å². The highest BCUT2D eigenvalue weighted by atomic mass is 79.9. The van der Waals surface area contributed by atoms with E-state index in [1.807, 2.05) is 0 Å². The Balaban J connectivity index is 1.87. The van der Waals surface area contributed by atoms with Gasteiger partial charge in [-0.15, -0.1) is 11.3 Å². The molecule has 0 saturated heterocycles. The lowest BCUT2D eigenvalue weighted by molar-refractivity contribution is 0.0519. The number of nitrogens with zero attached hydrogens (tertiary/aromatic N) is 2. The highest BCUT2D eigenvalue weighted by molar-refractivity contribution is 9.10. The first-order chi connectivity index (χ1) is 16.8. The van der Waals surface area contributed by atoms with E-state index in [1.54, 1.807) is 48.7 Å². The van der Waals surface area contributed by atoms with Crippen LogP contribution >= 0.6 is 27.3 Å². The van der Waals surface area contributed by atoms with E-state index in [2.05, 4.69) is 26.3 Å². The molecule has 178 valence electrons. The molecule has 0 fully saturated rings. The number of rotatable bonds is 6. The molecule has 0 unspecified atom stereocenters. The first-order valence-corrected chi connectivity index (χ1v) is 12.0. The molecule has 0 atom stereocenters. The van der Waals surface area contributed by atoms with Gasteiger partial charge >= 0.3 is 11.9 Å². The number of hydrogen-bond acceptors (Lipinski definition) is 8. The number of nitrogens with one attached hydrogen (secondary N) is 1. The summed E-state index contributed by atoms with van der Waals surface area (Å²) in [4.78, 5) is 51.3. The Kier molecular flexibility index (Phi) is 7.08. The van der Waals surface area contributed by atoms with Crippen LogP contribution in [0.25, 0.3) is 16.5 Å². The van der Waals surface area contributed by atoms with Crippen molar-refractivity contribution in [2.24, 2.45) is 0 Å². The van der Waals surface area contributed by atoms with E-state index < -0.39 is 23.4 Å². The maximum Gasteiger partial charge on any atom is 0.359 e. The van der Waals surface area contributed by atoms with Crippen LogP contribution in [0.3, 0.4) is 0 Å². The summed E-state index contributed by atoms with van der Waals surface area (Å²) in [7, 11) is 1.22. The monoisotopic (exact) mass is 555 g/mol. The van der Waals surface area contributed by atoms with Crippen LogP contribution in [-0.4, -0.2) is 41.3 Å². The van der Waals surface area contributed by atoms with Crippen molar-refractivity contribution >= 4 is 60.9 Å². The van der Waals surface area contributed by atoms with Crippen molar-refractivity contribution in [3.63, 3.8) is 0 Å². The van der Waals surface area contributed by atoms with Crippen LogP contribution in [0.1, 0.15) is 38.1 Å². The third-order valence-electron chi connectivity index (χ3n) is 5.00. The predicted octanol–water partition coefficient (Wildman–Crippen LogP) is 4.43. The molecule has 4 rings (SSSR count). The summed E-state index contributed by atoms with van der Waals surface area (Å²) in [5.41, 5.74) is -0.0160. The molecule has 0 spiro atoms. The molecule has 0 saturated carbocycles. The summed E-state index contributed by atoms with van der Waals surface area (Å²) in [5.74, 6) is -1.98. The Morgan fingerprint density at radius 2 is 1.74 bits per heavy atom. The molecule has 0 aliphatic heterocycles. The molecule has 0 aliphatic carbocycles. The molecular weight excluding hydrogens is 538 g/mol. The van der Waals surface area contributed by atoms with E-state index in [-0.39, 0.29) is 39.2 Å². The summed E-state index contributed by atoms with van der Waals surface area (Å²) < 4.78 is 11.8. The first kappa shape index (κ1) is 24.3. The summed E-state index contributed by atoms with van der Waals surface area (Å²) in [6, 6.07) is 13.0. The van der Waals surface area contributed by atoms with Crippen molar-refractivity contribution in [2.75, 3.05) is 19.0 Å². The fraction of sp³-hybridized carbons (Fsp3) is 0.125. The number of carbonyl (C=O) groups excluding carboxylic acids is 3. The molecule has 2 heterocycles. The number of benzene rings is 2. The molecule has 9 nitrogen and oxygen atoms in total. The van der Waals surface area contributed by atoms with Crippen LogP contribution in [0.4, 0.5) is 5.00 Å². The fourth-order valence-electron chi connectivity index (χ4n) is 3.39. The second-order valence-electron chi connectivity index (χ2n) is 7.11. The minimum absolute atomic E-state index is 0.0592. The number of methoxy groups -OCH3 is 1. The summed E-state index contributed by atoms with van der Waals surface area (Å²) in [6.07, 6.45) is 0. The van der Waals surface area contributed by atoms with Gasteiger partial charge in [0.25, 0.3) is 11.5 Å². The van der Waals surface area contributed by atoms with Gasteiger partial charge < -0.3 is 14.8 Å². The van der Waals surface area contributed by atoms with Crippen LogP contribution in [0, 0.1) is 0 Å². The lowest BCUT2D eigenvalue weighted by Gasteiger charge is -2.11. The highest BCUT2D eigenvalue weighted by Crippen LogP contribution is 2.31. The van der Waals surface area contributed by atoms with E-state index in [4.69, 9.17) is 9.47 Å². The van der Waals surface area contributed by atoms with E-state index in [0.717, 1.165) is 20.5 Å². The topological polar surface area (TPSA) is 117 Å². The van der Waals surface area contributed by atoms with Crippen LogP contribution in [-0.2, 0) is 9.47 Å². The van der Waals surface area contributed by atoms with Gasteiger partial charge in [0.1, 0.15) is 5.00 Å². The van der Waals surface area contributed by atoms with Crippen molar-refractivity contribution in [3.8, 4) is 5.69 Å². The lowest BCUT2D eigenvalue weighted by Crippen LogP contribution is -2.25. The number of aromatic nitrogens is 2. The van der Waals surface area contributed by atoms with Gasteiger partial charge in [-0.1, -0.05) is 28.1 Å². The minimum Gasteiger partial charge on any atom is -0.465 e. The van der Waals surface area contributed by atoms with Gasteiger partial charge in [0.05, 0.1) is 35.9 Å². The molecule has 0 aliphatic rings. The molecule has 4 aromatic rings. The number of anilines is 1. The molecule has 2 aromatic carbocycles. The molecule has 35 heavy (non-hydrogen) atoms. The summed E-state index contributed by atoms with van der Waals surface area (Å²) in [5, 5.41) is 9.08. The zero-order chi connectivity index (χ0) is 25.1. The smallest absolute Gasteiger partial charge is 0.359 e. The number of ether oxygens (including phenoxy) is 2. The predicted molar refractivity (Wildman–Crippen MR) is 135 cm³/mol. The number of halogens is 1. The number of esters is 2. The molecule has 11 heteroatoms. The second-order valence-corrected chi connectivity index (χ2v) is 8.90. The molecule has 0 bridgehead atoms. The largest absolute Gasteiger partial charge is 0.465 e. The van der Waals surface area contributed by atoms with Gasteiger partial charge in [-0.25, -0.2) is 9.59 Å². The van der Waals surface area contributed by atoms with Crippen LogP contribution < -0.4 is 10.9 Å². The van der Waals surface area contributed by atoms with Gasteiger partial charge in [0, 0.05) is 15.2 Å². The molecule has 2 aromatic heterocycles. The first-order valence-electron chi connectivity index (χ1n) is 10.3. The molecular formula is C24H18BrN3O6S. The zero-order valence-electron chi connectivity index (χ0n) is 18.5. The van der Waals surface area contributed by atoms with Crippen molar-refractivity contribution in [1.82, 2.24) is 9.78 Å². The van der Waals surface area contributed by atoms with E-state index in [1.165, 1.54) is 19.2 Å². The Morgan fingerprint density at radius 1 is 1.06 bits per heavy atom. The van der Waals surface area contributed by atoms with Gasteiger partial charge in [-0.3, -0.25) is 9.59 Å². The number of carbonyl (C=O) groups is 3. The Morgan fingerprint density at radius 3 is 2.40 bits per heavy atom. The van der Waals surface area contributed by atoms with E-state index in [0.29, 0.717) is 5.69 Å².